The Hall–Kier alpha value is -2.80. The SMILES string of the molecule is CC(NC(=O)c1cc(F)cc(NS(=O)(=O)CC2CN(C(c3ccc(Br)cc3)c3ccc(Br)cc3)C2)c1)C(N)=O. The fraction of sp³-hybridized carbons (Fsp3) is 0.259. The van der Waals surface area contributed by atoms with Crippen molar-refractivity contribution in [3.63, 3.8) is 0 Å². The highest BCUT2D eigenvalue weighted by Gasteiger charge is 2.36. The summed E-state index contributed by atoms with van der Waals surface area (Å²) in [5.74, 6) is -2.59. The van der Waals surface area contributed by atoms with Gasteiger partial charge in [0.1, 0.15) is 11.9 Å². The molecule has 4 rings (SSSR count). The van der Waals surface area contributed by atoms with Gasteiger partial charge in [-0.3, -0.25) is 19.2 Å². The first-order chi connectivity index (χ1) is 18.4. The number of hydrogen-bond donors (Lipinski definition) is 3. The van der Waals surface area contributed by atoms with Gasteiger partial charge in [0, 0.05) is 33.5 Å². The highest BCUT2D eigenvalue weighted by Crippen LogP contribution is 2.36. The van der Waals surface area contributed by atoms with E-state index in [1.54, 1.807) is 0 Å². The summed E-state index contributed by atoms with van der Waals surface area (Å²) in [4.78, 5) is 25.8. The molecule has 1 saturated heterocycles. The number of carbonyl (C=O) groups is 2. The van der Waals surface area contributed by atoms with Crippen molar-refractivity contribution in [1.29, 1.82) is 0 Å². The highest BCUT2D eigenvalue weighted by molar-refractivity contribution is 9.10. The van der Waals surface area contributed by atoms with E-state index in [0.717, 1.165) is 32.2 Å². The topological polar surface area (TPSA) is 122 Å². The fourth-order valence-corrected chi connectivity index (χ4v) is 6.41. The molecule has 1 aliphatic heterocycles. The van der Waals surface area contributed by atoms with Crippen molar-refractivity contribution < 1.29 is 22.4 Å². The lowest BCUT2D eigenvalue weighted by Crippen LogP contribution is -2.51. The van der Waals surface area contributed by atoms with Crippen molar-refractivity contribution in [3.8, 4) is 0 Å². The second kappa shape index (κ2) is 12.2. The molecular formula is C27H27Br2FN4O4S. The van der Waals surface area contributed by atoms with Gasteiger partial charge < -0.3 is 11.1 Å². The molecule has 0 radical (unpaired) electrons. The van der Waals surface area contributed by atoms with Crippen molar-refractivity contribution in [2.24, 2.45) is 11.7 Å². The van der Waals surface area contributed by atoms with Crippen LogP contribution < -0.4 is 15.8 Å². The Morgan fingerprint density at radius 3 is 2.05 bits per heavy atom. The van der Waals surface area contributed by atoms with Gasteiger partial charge in [0.2, 0.25) is 15.9 Å². The zero-order chi connectivity index (χ0) is 28.3. The Bertz CT molecular complexity index is 1420. The van der Waals surface area contributed by atoms with Gasteiger partial charge in [-0.25, -0.2) is 12.8 Å². The Morgan fingerprint density at radius 1 is 1.00 bits per heavy atom. The Balaban J connectivity index is 1.43. The number of anilines is 1. The number of primary amides is 1. The van der Waals surface area contributed by atoms with E-state index in [1.165, 1.54) is 13.0 Å². The van der Waals surface area contributed by atoms with E-state index in [2.05, 4.69) is 46.8 Å². The molecule has 0 saturated carbocycles. The Labute approximate surface area is 243 Å². The highest BCUT2D eigenvalue weighted by atomic mass is 79.9. The maximum Gasteiger partial charge on any atom is 0.252 e. The van der Waals surface area contributed by atoms with Crippen LogP contribution in [0, 0.1) is 11.7 Å². The van der Waals surface area contributed by atoms with Crippen LogP contribution in [0.15, 0.2) is 75.7 Å². The molecule has 0 aromatic heterocycles. The molecule has 4 N–H and O–H groups in total. The summed E-state index contributed by atoms with van der Waals surface area (Å²) in [6.45, 7) is 2.50. The molecule has 39 heavy (non-hydrogen) atoms. The lowest BCUT2D eigenvalue weighted by Gasteiger charge is -2.44. The second-order valence-electron chi connectivity index (χ2n) is 9.54. The first-order valence-corrected chi connectivity index (χ1v) is 15.3. The van der Waals surface area contributed by atoms with Gasteiger partial charge in [0.05, 0.1) is 17.5 Å². The maximum absolute atomic E-state index is 14.2. The van der Waals surface area contributed by atoms with E-state index in [1.807, 2.05) is 48.5 Å². The first kappa shape index (κ1) is 29.2. The third-order valence-corrected chi connectivity index (χ3v) is 8.90. The van der Waals surface area contributed by atoms with Gasteiger partial charge in [0.15, 0.2) is 0 Å². The lowest BCUT2D eigenvalue weighted by atomic mass is 9.91. The summed E-state index contributed by atoms with van der Waals surface area (Å²) in [6.07, 6.45) is 0. The molecule has 1 fully saturated rings. The van der Waals surface area contributed by atoms with Crippen LogP contribution in [0.3, 0.4) is 0 Å². The summed E-state index contributed by atoms with van der Waals surface area (Å²) < 4.78 is 44.4. The molecule has 1 heterocycles. The van der Waals surface area contributed by atoms with Gasteiger partial charge in [-0.05, 0) is 60.5 Å². The van der Waals surface area contributed by atoms with Crippen LogP contribution in [0.2, 0.25) is 0 Å². The first-order valence-electron chi connectivity index (χ1n) is 12.1. The van der Waals surface area contributed by atoms with Crippen LogP contribution in [0.4, 0.5) is 10.1 Å². The number of nitrogens with one attached hydrogen (secondary N) is 2. The number of nitrogens with zero attached hydrogens (tertiary/aromatic N) is 1. The second-order valence-corrected chi connectivity index (χ2v) is 13.1. The molecule has 3 aromatic carbocycles. The van der Waals surface area contributed by atoms with Gasteiger partial charge in [-0.1, -0.05) is 56.1 Å². The third kappa shape index (κ3) is 7.65. The van der Waals surface area contributed by atoms with E-state index in [9.17, 15) is 22.4 Å². The van der Waals surface area contributed by atoms with E-state index in [4.69, 9.17) is 5.73 Å². The van der Waals surface area contributed by atoms with Gasteiger partial charge in [-0.2, -0.15) is 0 Å². The standard InChI is InChI=1S/C27H27Br2FN4O4S/c1-16(26(31)35)32-27(36)20-10-23(30)12-24(11-20)33-39(37,38)15-17-13-34(14-17)25(18-2-6-21(28)7-3-18)19-4-8-22(29)9-5-19/h2-12,16-17,25,33H,13-15H2,1H3,(H2,31,35)(H,32,36). The van der Waals surface area contributed by atoms with Crippen LogP contribution in [-0.4, -0.2) is 50.0 Å². The number of carbonyl (C=O) groups excluding carboxylic acids is 2. The molecule has 12 heteroatoms. The van der Waals surface area contributed by atoms with Crippen molar-refractivity contribution in [2.75, 3.05) is 23.6 Å². The van der Waals surface area contributed by atoms with Crippen molar-refractivity contribution in [1.82, 2.24) is 10.2 Å². The Kier molecular flexibility index (Phi) is 9.10. The van der Waals surface area contributed by atoms with Crippen molar-refractivity contribution in [3.05, 3.63) is 98.2 Å². The Morgan fingerprint density at radius 2 is 1.54 bits per heavy atom. The van der Waals surface area contributed by atoms with Crippen LogP contribution >= 0.6 is 31.9 Å². The minimum absolute atomic E-state index is 0.0369. The number of hydrogen-bond acceptors (Lipinski definition) is 5. The molecule has 0 aliphatic carbocycles. The number of amides is 2. The number of sulfonamides is 1. The predicted molar refractivity (Wildman–Crippen MR) is 155 cm³/mol. The zero-order valence-corrected chi connectivity index (χ0v) is 24.9. The number of rotatable bonds is 10. The fourth-order valence-electron chi connectivity index (χ4n) is 4.49. The predicted octanol–water partition coefficient (Wildman–Crippen LogP) is 4.42. The minimum Gasteiger partial charge on any atom is -0.368 e. The molecule has 206 valence electrons. The summed E-state index contributed by atoms with van der Waals surface area (Å²) in [5, 5.41) is 2.34. The third-order valence-electron chi connectivity index (χ3n) is 6.38. The van der Waals surface area contributed by atoms with E-state index in [0.29, 0.717) is 13.1 Å². The van der Waals surface area contributed by atoms with Gasteiger partial charge in [-0.15, -0.1) is 0 Å². The summed E-state index contributed by atoms with van der Waals surface area (Å²) in [7, 11) is -3.84. The molecule has 0 spiro atoms. The molecule has 1 unspecified atom stereocenters. The van der Waals surface area contributed by atoms with Crippen molar-refractivity contribution >= 4 is 59.4 Å². The van der Waals surface area contributed by atoms with Crippen LogP contribution in [-0.2, 0) is 14.8 Å². The van der Waals surface area contributed by atoms with E-state index >= 15 is 0 Å². The normalized spacial score (nSPS) is 15.0. The van der Waals surface area contributed by atoms with Crippen LogP contribution in [0.25, 0.3) is 0 Å². The molecular weight excluding hydrogens is 655 g/mol. The smallest absolute Gasteiger partial charge is 0.252 e. The summed E-state index contributed by atoms with van der Waals surface area (Å²) in [5.41, 5.74) is 7.12. The minimum atomic E-state index is -3.84. The summed E-state index contributed by atoms with van der Waals surface area (Å²) >= 11 is 6.95. The number of likely N-dealkylation sites (tertiary alicyclic amines) is 1. The molecule has 2 amide bonds. The van der Waals surface area contributed by atoms with Crippen LogP contribution in [0.5, 0.6) is 0 Å². The molecule has 1 aliphatic rings. The average molecular weight is 682 g/mol. The average Bonchev–Trinajstić information content (AvgIpc) is 2.83. The molecule has 8 nitrogen and oxygen atoms in total. The zero-order valence-electron chi connectivity index (χ0n) is 20.9. The monoisotopic (exact) mass is 680 g/mol. The quantitative estimate of drug-likeness (QED) is 0.293. The van der Waals surface area contributed by atoms with E-state index in [-0.39, 0.29) is 29.0 Å². The number of benzene rings is 3. The van der Waals surface area contributed by atoms with Crippen molar-refractivity contribution in [2.45, 2.75) is 19.0 Å². The maximum atomic E-state index is 14.2. The van der Waals surface area contributed by atoms with E-state index < -0.39 is 33.7 Å². The molecule has 0 bridgehead atoms. The largest absolute Gasteiger partial charge is 0.368 e. The summed E-state index contributed by atoms with van der Waals surface area (Å²) in [6, 6.07) is 18.3. The number of nitrogens with two attached hydrogens (primary N) is 1. The van der Waals surface area contributed by atoms with Gasteiger partial charge in [0.25, 0.3) is 5.91 Å². The molecule has 1 atom stereocenters. The number of halogens is 3. The lowest BCUT2D eigenvalue weighted by molar-refractivity contribution is -0.119. The van der Waals surface area contributed by atoms with Gasteiger partial charge >= 0.3 is 0 Å². The van der Waals surface area contributed by atoms with Crippen LogP contribution in [0.1, 0.15) is 34.5 Å². The molecule has 3 aromatic rings.